The van der Waals surface area contributed by atoms with Crippen molar-refractivity contribution in [2.75, 3.05) is 31.1 Å². The predicted octanol–water partition coefficient (Wildman–Crippen LogP) is 2.14. The molecule has 0 unspecified atom stereocenters. The molecule has 3 nitrogen and oxygen atoms in total. The quantitative estimate of drug-likeness (QED) is 0.746. The van der Waals surface area contributed by atoms with Gasteiger partial charge in [0.15, 0.2) is 0 Å². The van der Waals surface area contributed by atoms with Gasteiger partial charge in [-0.05, 0) is 30.7 Å². The SMILES string of the molecule is CCCN(CCO)c1ccc(CNCC)cc1F. The highest BCUT2D eigenvalue weighted by Crippen LogP contribution is 2.20. The Labute approximate surface area is 109 Å². The molecular formula is C14H23FN2O. The summed E-state index contributed by atoms with van der Waals surface area (Å²) in [7, 11) is 0. The number of rotatable bonds is 8. The molecule has 18 heavy (non-hydrogen) atoms. The molecule has 102 valence electrons. The minimum atomic E-state index is -0.215. The van der Waals surface area contributed by atoms with Crippen LogP contribution in [0, 0.1) is 5.82 Å². The second-order valence-electron chi connectivity index (χ2n) is 4.28. The lowest BCUT2D eigenvalue weighted by atomic mass is 10.1. The highest BCUT2D eigenvalue weighted by Gasteiger charge is 2.10. The zero-order valence-electron chi connectivity index (χ0n) is 11.2. The van der Waals surface area contributed by atoms with Crippen LogP contribution in [0.1, 0.15) is 25.8 Å². The third-order valence-corrected chi connectivity index (χ3v) is 2.80. The van der Waals surface area contributed by atoms with E-state index in [1.807, 2.05) is 24.8 Å². The summed E-state index contributed by atoms with van der Waals surface area (Å²) in [4.78, 5) is 1.88. The van der Waals surface area contributed by atoms with Crippen LogP contribution in [0.25, 0.3) is 0 Å². The summed E-state index contributed by atoms with van der Waals surface area (Å²) >= 11 is 0. The van der Waals surface area contributed by atoms with Gasteiger partial charge in [-0.25, -0.2) is 4.39 Å². The molecule has 2 N–H and O–H groups in total. The highest BCUT2D eigenvalue weighted by molar-refractivity contribution is 5.49. The molecule has 1 aromatic carbocycles. The van der Waals surface area contributed by atoms with Gasteiger partial charge in [-0.15, -0.1) is 0 Å². The van der Waals surface area contributed by atoms with Gasteiger partial charge in [0.1, 0.15) is 5.82 Å². The minimum absolute atomic E-state index is 0.0403. The molecule has 1 rings (SSSR count). The summed E-state index contributed by atoms with van der Waals surface area (Å²) in [6.45, 7) is 6.88. The molecule has 0 aromatic heterocycles. The van der Waals surface area contributed by atoms with Crippen LogP contribution in [0.3, 0.4) is 0 Å². The largest absolute Gasteiger partial charge is 0.395 e. The van der Waals surface area contributed by atoms with Crippen LogP contribution in [0.2, 0.25) is 0 Å². The van der Waals surface area contributed by atoms with E-state index in [4.69, 9.17) is 5.11 Å². The van der Waals surface area contributed by atoms with E-state index >= 15 is 0 Å². The van der Waals surface area contributed by atoms with E-state index in [2.05, 4.69) is 5.32 Å². The maximum Gasteiger partial charge on any atom is 0.146 e. The summed E-state index contributed by atoms with van der Waals surface area (Å²) in [6.07, 6.45) is 0.929. The highest BCUT2D eigenvalue weighted by atomic mass is 19.1. The molecule has 0 saturated carbocycles. The second-order valence-corrected chi connectivity index (χ2v) is 4.28. The van der Waals surface area contributed by atoms with Gasteiger partial charge in [-0.1, -0.05) is 19.9 Å². The Bertz CT molecular complexity index is 352. The van der Waals surface area contributed by atoms with Gasteiger partial charge in [0.05, 0.1) is 12.3 Å². The first kappa shape index (κ1) is 14.9. The molecule has 1 aromatic rings. The lowest BCUT2D eigenvalue weighted by Gasteiger charge is -2.24. The number of nitrogens with one attached hydrogen (secondary N) is 1. The summed E-state index contributed by atoms with van der Waals surface area (Å²) in [5, 5.41) is 12.2. The van der Waals surface area contributed by atoms with Crippen molar-refractivity contribution in [3.8, 4) is 0 Å². The number of hydrogen-bond donors (Lipinski definition) is 2. The van der Waals surface area contributed by atoms with Crippen LogP contribution in [-0.2, 0) is 6.54 Å². The normalized spacial score (nSPS) is 10.7. The van der Waals surface area contributed by atoms with Crippen LogP contribution in [-0.4, -0.2) is 31.3 Å². The van der Waals surface area contributed by atoms with Crippen LogP contribution >= 0.6 is 0 Å². The molecule has 0 spiro atoms. The van der Waals surface area contributed by atoms with Crippen molar-refractivity contribution in [3.05, 3.63) is 29.6 Å². The lowest BCUT2D eigenvalue weighted by molar-refractivity contribution is 0.301. The van der Waals surface area contributed by atoms with Crippen molar-refractivity contribution >= 4 is 5.69 Å². The van der Waals surface area contributed by atoms with Crippen LogP contribution < -0.4 is 10.2 Å². The van der Waals surface area contributed by atoms with Gasteiger partial charge in [0.25, 0.3) is 0 Å². The van der Waals surface area contributed by atoms with Crippen molar-refractivity contribution in [1.82, 2.24) is 5.32 Å². The fraction of sp³-hybridized carbons (Fsp3) is 0.571. The first-order valence-corrected chi connectivity index (χ1v) is 6.57. The Morgan fingerprint density at radius 3 is 2.61 bits per heavy atom. The summed E-state index contributed by atoms with van der Waals surface area (Å²) in [5.41, 5.74) is 1.52. The Morgan fingerprint density at radius 2 is 2.06 bits per heavy atom. The molecule has 0 saturated heterocycles. The fourth-order valence-electron chi connectivity index (χ4n) is 1.93. The summed E-state index contributed by atoms with van der Waals surface area (Å²) < 4.78 is 14.0. The second kappa shape index (κ2) is 8.06. The number of aliphatic hydroxyl groups is 1. The van der Waals surface area contributed by atoms with Crippen molar-refractivity contribution in [1.29, 1.82) is 0 Å². The van der Waals surface area contributed by atoms with Gasteiger partial charge in [-0.3, -0.25) is 0 Å². The van der Waals surface area contributed by atoms with Crippen LogP contribution in [0.15, 0.2) is 18.2 Å². The van der Waals surface area contributed by atoms with Gasteiger partial charge in [0.2, 0.25) is 0 Å². The minimum Gasteiger partial charge on any atom is -0.395 e. The number of aliphatic hydroxyl groups excluding tert-OH is 1. The molecule has 0 fully saturated rings. The van der Waals surface area contributed by atoms with Gasteiger partial charge in [0, 0.05) is 19.6 Å². The van der Waals surface area contributed by atoms with E-state index in [-0.39, 0.29) is 12.4 Å². The molecule has 0 radical (unpaired) electrons. The van der Waals surface area contributed by atoms with Gasteiger partial charge < -0.3 is 15.3 Å². The molecule has 0 atom stereocenters. The molecule has 0 aliphatic heterocycles. The maximum atomic E-state index is 14.0. The molecular weight excluding hydrogens is 231 g/mol. The Balaban J connectivity index is 2.81. The third-order valence-electron chi connectivity index (χ3n) is 2.80. The van der Waals surface area contributed by atoms with Crippen molar-refractivity contribution in [3.63, 3.8) is 0 Å². The molecule has 0 aliphatic carbocycles. The van der Waals surface area contributed by atoms with E-state index in [0.717, 1.165) is 25.1 Å². The average molecular weight is 254 g/mol. The maximum absolute atomic E-state index is 14.0. The molecule has 4 heteroatoms. The Morgan fingerprint density at radius 1 is 1.28 bits per heavy atom. The Kier molecular flexibility index (Phi) is 6.68. The van der Waals surface area contributed by atoms with Crippen molar-refractivity contribution < 1.29 is 9.50 Å². The smallest absolute Gasteiger partial charge is 0.146 e. The van der Waals surface area contributed by atoms with E-state index in [1.54, 1.807) is 12.1 Å². The zero-order chi connectivity index (χ0) is 13.4. The van der Waals surface area contributed by atoms with Gasteiger partial charge >= 0.3 is 0 Å². The standard InChI is InChI=1S/C14H23FN2O/c1-3-7-17(8-9-18)14-6-5-12(10-13(14)15)11-16-4-2/h5-6,10,16,18H,3-4,7-9,11H2,1-2H3. The van der Waals surface area contributed by atoms with E-state index in [0.29, 0.717) is 18.8 Å². The number of hydrogen-bond acceptors (Lipinski definition) is 3. The molecule has 0 amide bonds. The first-order valence-electron chi connectivity index (χ1n) is 6.57. The Hall–Kier alpha value is -1.13. The van der Waals surface area contributed by atoms with E-state index in [9.17, 15) is 4.39 Å². The monoisotopic (exact) mass is 254 g/mol. The molecule has 0 bridgehead atoms. The van der Waals surface area contributed by atoms with Crippen molar-refractivity contribution in [2.45, 2.75) is 26.8 Å². The summed E-state index contributed by atoms with van der Waals surface area (Å²) in [6, 6.07) is 5.30. The summed E-state index contributed by atoms with van der Waals surface area (Å²) in [5.74, 6) is -0.215. The topological polar surface area (TPSA) is 35.5 Å². The first-order chi connectivity index (χ1) is 8.72. The average Bonchev–Trinajstić information content (AvgIpc) is 2.36. The van der Waals surface area contributed by atoms with E-state index in [1.165, 1.54) is 0 Å². The number of halogens is 1. The predicted molar refractivity (Wildman–Crippen MR) is 73.4 cm³/mol. The van der Waals surface area contributed by atoms with Crippen LogP contribution in [0.5, 0.6) is 0 Å². The third kappa shape index (κ3) is 4.27. The van der Waals surface area contributed by atoms with Crippen molar-refractivity contribution in [2.24, 2.45) is 0 Å². The van der Waals surface area contributed by atoms with Crippen LogP contribution in [0.4, 0.5) is 10.1 Å². The lowest BCUT2D eigenvalue weighted by Crippen LogP contribution is -2.28. The van der Waals surface area contributed by atoms with E-state index < -0.39 is 0 Å². The number of benzene rings is 1. The number of anilines is 1. The van der Waals surface area contributed by atoms with Gasteiger partial charge in [-0.2, -0.15) is 0 Å². The number of nitrogens with zero attached hydrogens (tertiary/aromatic N) is 1. The fourth-order valence-corrected chi connectivity index (χ4v) is 1.93. The zero-order valence-corrected chi connectivity index (χ0v) is 11.2. The molecule has 0 aliphatic rings. The molecule has 0 heterocycles.